The Morgan fingerprint density at radius 2 is 1.92 bits per heavy atom. The van der Waals surface area contributed by atoms with Gasteiger partial charge < -0.3 is 9.84 Å². The van der Waals surface area contributed by atoms with Crippen molar-refractivity contribution in [3.63, 3.8) is 0 Å². The summed E-state index contributed by atoms with van der Waals surface area (Å²) in [6.07, 6.45) is 1.70. The van der Waals surface area contributed by atoms with Crippen LogP contribution in [0.25, 0.3) is 6.08 Å². The quantitative estimate of drug-likeness (QED) is 0.487. The van der Waals surface area contributed by atoms with Gasteiger partial charge >= 0.3 is 0 Å². The van der Waals surface area contributed by atoms with E-state index in [0.29, 0.717) is 31.8 Å². The number of aromatic hydroxyl groups is 1. The molecular weight excluding hydrogens is 370 g/mol. The van der Waals surface area contributed by atoms with Crippen LogP contribution in [-0.4, -0.2) is 28.2 Å². The summed E-state index contributed by atoms with van der Waals surface area (Å²) in [5, 5.41) is 9.67. The molecule has 1 aliphatic heterocycles. The number of thiocarbonyl (C=S) groups is 1. The molecule has 0 aromatic heterocycles. The minimum atomic E-state index is -0.234. The van der Waals surface area contributed by atoms with Gasteiger partial charge in [0.05, 0.1) is 17.7 Å². The number of anilines is 1. The van der Waals surface area contributed by atoms with Gasteiger partial charge in [-0.2, -0.15) is 0 Å². The standard InChI is InChI=1S/C19H15NO4S2/c1-11(21)13-4-6-14(7-5-13)20-18(23)17(26-19(20)25)10-12-3-8-15(22)16(9-12)24-2/h3-10,22H,1-2H3/b17-10-. The molecule has 1 fully saturated rings. The maximum atomic E-state index is 12.8. The molecule has 0 radical (unpaired) electrons. The third kappa shape index (κ3) is 3.49. The van der Waals surface area contributed by atoms with Gasteiger partial charge in [0.1, 0.15) is 0 Å². The summed E-state index contributed by atoms with van der Waals surface area (Å²) in [4.78, 5) is 26.1. The normalized spacial score (nSPS) is 15.6. The molecule has 1 heterocycles. The molecule has 0 unspecified atom stereocenters. The molecule has 7 heteroatoms. The summed E-state index contributed by atoms with van der Waals surface area (Å²) >= 11 is 6.54. The number of nitrogens with zero attached hydrogens (tertiary/aromatic N) is 1. The SMILES string of the molecule is COc1cc(/C=C2\SC(=S)N(c3ccc(C(C)=O)cc3)C2=O)ccc1O. The highest BCUT2D eigenvalue weighted by Gasteiger charge is 2.33. The van der Waals surface area contributed by atoms with E-state index in [-0.39, 0.29) is 17.4 Å². The van der Waals surface area contributed by atoms with E-state index in [9.17, 15) is 14.7 Å². The lowest BCUT2D eigenvalue weighted by Gasteiger charge is -2.14. The number of benzene rings is 2. The average molecular weight is 385 g/mol. The van der Waals surface area contributed by atoms with Crippen molar-refractivity contribution in [2.75, 3.05) is 12.0 Å². The van der Waals surface area contributed by atoms with Crippen LogP contribution in [0.4, 0.5) is 5.69 Å². The summed E-state index contributed by atoms with van der Waals surface area (Å²) < 4.78 is 5.50. The third-order valence-electron chi connectivity index (χ3n) is 3.83. The van der Waals surface area contributed by atoms with Gasteiger partial charge in [0.2, 0.25) is 0 Å². The Balaban J connectivity index is 1.90. The molecule has 26 heavy (non-hydrogen) atoms. The number of thioether (sulfide) groups is 1. The van der Waals surface area contributed by atoms with Crippen molar-refractivity contribution < 1.29 is 19.4 Å². The summed E-state index contributed by atoms with van der Waals surface area (Å²) in [6.45, 7) is 1.49. The summed E-state index contributed by atoms with van der Waals surface area (Å²) in [5.74, 6) is 0.0857. The summed E-state index contributed by atoms with van der Waals surface area (Å²) in [5.41, 5.74) is 1.90. The van der Waals surface area contributed by atoms with Gasteiger partial charge in [0, 0.05) is 5.56 Å². The monoisotopic (exact) mass is 385 g/mol. The first-order valence-electron chi connectivity index (χ1n) is 7.66. The number of phenolic OH excluding ortho intramolecular Hbond substituents is 1. The van der Waals surface area contributed by atoms with E-state index in [1.165, 1.54) is 36.8 Å². The number of hydrogen-bond acceptors (Lipinski definition) is 6. The second kappa shape index (κ2) is 7.31. The molecule has 2 aromatic carbocycles. The number of Topliss-reactive ketones (excluding diaryl/α,β-unsaturated/α-hetero) is 1. The molecular formula is C19H15NO4S2. The zero-order chi connectivity index (χ0) is 18.8. The fourth-order valence-corrected chi connectivity index (χ4v) is 3.77. The molecule has 0 bridgehead atoms. The number of ether oxygens (including phenoxy) is 1. The van der Waals surface area contributed by atoms with E-state index in [0.717, 1.165) is 0 Å². The molecule has 0 aliphatic carbocycles. The van der Waals surface area contributed by atoms with Gasteiger partial charge in [-0.3, -0.25) is 14.5 Å². The summed E-state index contributed by atoms with van der Waals surface area (Å²) in [6, 6.07) is 11.6. The fraction of sp³-hybridized carbons (Fsp3) is 0.105. The van der Waals surface area contributed by atoms with Crippen LogP contribution in [0, 0.1) is 0 Å². The Labute approximate surface area is 160 Å². The van der Waals surface area contributed by atoms with Crippen LogP contribution in [0.5, 0.6) is 11.5 Å². The molecule has 1 aliphatic rings. The van der Waals surface area contributed by atoms with Gasteiger partial charge in [0.15, 0.2) is 21.6 Å². The Bertz CT molecular complexity index is 935. The van der Waals surface area contributed by atoms with E-state index in [1.54, 1.807) is 42.5 Å². The van der Waals surface area contributed by atoms with Crippen LogP contribution >= 0.6 is 24.0 Å². The van der Waals surface area contributed by atoms with Crippen LogP contribution in [-0.2, 0) is 4.79 Å². The maximum absolute atomic E-state index is 12.8. The first-order chi connectivity index (χ1) is 12.4. The Morgan fingerprint density at radius 3 is 2.54 bits per heavy atom. The Kier molecular flexibility index (Phi) is 5.11. The van der Waals surface area contributed by atoms with Gasteiger partial charge in [-0.05, 0) is 55.0 Å². The number of carbonyl (C=O) groups is 2. The lowest BCUT2D eigenvalue weighted by atomic mass is 10.1. The molecule has 3 rings (SSSR count). The number of phenols is 1. The lowest BCUT2D eigenvalue weighted by molar-refractivity contribution is -0.113. The minimum Gasteiger partial charge on any atom is -0.504 e. The van der Waals surface area contributed by atoms with Crippen molar-refractivity contribution in [2.45, 2.75) is 6.92 Å². The fourth-order valence-electron chi connectivity index (χ4n) is 2.47. The topological polar surface area (TPSA) is 66.8 Å². The molecule has 1 saturated heterocycles. The first-order valence-corrected chi connectivity index (χ1v) is 8.89. The minimum absolute atomic E-state index is 0.0303. The van der Waals surface area contributed by atoms with E-state index in [1.807, 2.05) is 0 Å². The highest BCUT2D eigenvalue weighted by atomic mass is 32.2. The van der Waals surface area contributed by atoms with Crippen LogP contribution in [0.1, 0.15) is 22.8 Å². The van der Waals surface area contributed by atoms with Gasteiger partial charge in [-0.25, -0.2) is 0 Å². The third-order valence-corrected chi connectivity index (χ3v) is 5.13. The lowest BCUT2D eigenvalue weighted by Crippen LogP contribution is -2.27. The number of carbonyl (C=O) groups excluding carboxylic acids is 2. The van der Waals surface area contributed by atoms with Crippen molar-refractivity contribution in [3.8, 4) is 11.5 Å². The molecule has 0 spiro atoms. The predicted molar refractivity (Wildman–Crippen MR) is 107 cm³/mol. The smallest absolute Gasteiger partial charge is 0.270 e. The molecule has 0 atom stereocenters. The highest BCUT2D eigenvalue weighted by Crippen LogP contribution is 2.37. The zero-order valence-electron chi connectivity index (χ0n) is 14.1. The van der Waals surface area contributed by atoms with Crippen molar-refractivity contribution in [1.29, 1.82) is 0 Å². The van der Waals surface area contributed by atoms with E-state index < -0.39 is 0 Å². The second-order valence-corrected chi connectivity index (χ2v) is 7.23. The Hall–Kier alpha value is -2.64. The number of rotatable bonds is 4. The maximum Gasteiger partial charge on any atom is 0.270 e. The molecule has 0 saturated carbocycles. The molecule has 5 nitrogen and oxygen atoms in total. The molecule has 1 amide bonds. The van der Waals surface area contributed by atoms with Gasteiger partial charge in [-0.1, -0.05) is 30.0 Å². The number of methoxy groups -OCH3 is 1. The first kappa shape index (κ1) is 18.2. The van der Waals surface area contributed by atoms with Crippen molar-refractivity contribution >= 4 is 51.8 Å². The van der Waals surface area contributed by atoms with E-state index in [2.05, 4.69) is 0 Å². The van der Waals surface area contributed by atoms with Crippen molar-refractivity contribution in [1.82, 2.24) is 0 Å². The molecule has 1 N–H and O–H groups in total. The van der Waals surface area contributed by atoms with E-state index in [4.69, 9.17) is 17.0 Å². The molecule has 2 aromatic rings. The summed E-state index contributed by atoms with van der Waals surface area (Å²) in [7, 11) is 1.46. The number of amides is 1. The van der Waals surface area contributed by atoms with Crippen LogP contribution in [0.2, 0.25) is 0 Å². The zero-order valence-corrected chi connectivity index (χ0v) is 15.7. The van der Waals surface area contributed by atoms with Crippen molar-refractivity contribution in [2.24, 2.45) is 0 Å². The van der Waals surface area contributed by atoms with Crippen LogP contribution in [0.3, 0.4) is 0 Å². The Morgan fingerprint density at radius 1 is 1.23 bits per heavy atom. The van der Waals surface area contributed by atoms with Crippen LogP contribution in [0.15, 0.2) is 47.4 Å². The average Bonchev–Trinajstić information content (AvgIpc) is 2.90. The van der Waals surface area contributed by atoms with Gasteiger partial charge in [-0.15, -0.1) is 0 Å². The number of hydrogen-bond donors (Lipinski definition) is 1. The molecule has 132 valence electrons. The van der Waals surface area contributed by atoms with Crippen LogP contribution < -0.4 is 9.64 Å². The number of ketones is 1. The predicted octanol–water partition coefficient (Wildman–Crippen LogP) is 4.01. The largest absolute Gasteiger partial charge is 0.504 e. The van der Waals surface area contributed by atoms with Gasteiger partial charge in [0.25, 0.3) is 5.91 Å². The highest BCUT2D eigenvalue weighted by molar-refractivity contribution is 8.27. The van der Waals surface area contributed by atoms with E-state index >= 15 is 0 Å². The van der Waals surface area contributed by atoms with Crippen molar-refractivity contribution in [3.05, 3.63) is 58.5 Å². The second-order valence-electron chi connectivity index (χ2n) is 5.55.